The minimum atomic E-state index is -1.18. The van der Waals surface area contributed by atoms with Gasteiger partial charge in [0.25, 0.3) is 11.9 Å². The van der Waals surface area contributed by atoms with Gasteiger partial charge >= 0.3 is 5.97 Å². The maximum Gasteiger partial charge on any atom is 0.332 e. The van der Waals surface area contributed by atoms with Gasteiger partial charge in [0.2, 0.25) is 0 Å². The molecule has 0 aromatic carbocycles. The number of aliphatic carboxylic acids is 3. The molecule has 0 heterocycles. The van der Waals surface area contributed by atoms with Gasteiger partial charge in [0, 0.05) is 13.8 Å². The molecule has 0 radical (unpaired) electrons. The van der Waals surface area contributed by atoms with Gasteiger partial charge in [0.1, 0.15) is 6.54 Å². The van der Waals surface area contributed by atoms with Gasteiger partial charge in [-0.3, -0.25) is 9.59 Å². The Morgan fingerprint density at radius 2 is 1.23 bits per heavy atom. The number of carboxylic acid groups (broad SMARTS) is 3. The number of hydrogen-bond acceptors (Lipinski definition) is 5. The second-order valence-electron chi connectivity index (χ2n) is 5.04. The zero-order chi connectivity index (χ0) is 18.9. The summed E-state index contributed by atoms with van der Waals surface area (Å²) in [6.45, 7) is 4.89. The highest BCUT2D eigenvalue weighted by atomic mass is 16.4. The van der Waals surface area contributed by atoms with Crippen molar-refractivity contribution in [2.24, 2.45) is 0 Å². The molecule has 0 aromatic heterocycles. The third-order valence-corrected chi connectivity index (χ3v) is 1.44. The Labute approximate surface area is 131 Å². The van der Waals surface area contributed by atoms with Gasteiger partial charge in [0.15, 0.2) is 6.10 Å². The molecule has 0 saturated carbocycles. The van der Waals surface area contributed by atoms with Gasteiger partial charge in [0.05, 0.1) is 27.7 Å². The SMILES string of the molecule is CC(=O)O.CC(=O)O.CCC(O)C(=O)O.C[N+](C)(C)CCO. The van der Waals surface area contributed by atoms with Crippen molar-refractivity contribution < 1.29 is 44.4 Å². The molecule has 0 spiro atoms. The van der Waals surface area contributed by atoms with E-state index in [4.69, 9.17) is 35.1 Å². The number of carboxylic acids is 3. The van der Waals surface area contributed by atoms with E-state index in [1.165, 1.54) is 0 Å². The van der Waals surface area contributed by atoms with Crippen molar-refractivity contribution in [3.8, 4) is 0 Å². The number of nitrogens with zero attached hydrogens (tertiary/aromatic N) is 1. The first kappa shape index (κ1) is 28.5. The van der Waals surface area contributed by atoms with Gasteiger partial charge in [-0.05, 0) is 6.42 Å². The molecule has 0 fully saturated rings. The lowest BCUT2D eigenvalue weighted by molar-refractivity contribution is -0.870. The van der Waals surface area contributed by atoms with Crippen molar-refractivity contribution in [2.45, 2.75) is 33.3 Å². The number of hydrogen-bond donors (Lipinski definition) is 5. The Morgan fingerprint density at radius 3 is 1.23 bits per heavy atom. The summed E-state index contributed by atoms with van der Waals surface area (Å²) in [4.78, 5) is 27.7. The first-order chi connectivity index (χ1) is 9.71. The molecule has 1 atom stereocenters. The van der Waals surface area contributed by atoms with E-state index in [0.717, 1.165) is 24.9 Å². The van der Waals surface area contributed by atoms with Crippen molar-refractivity contribution in [2.75, 3.05) is 34.3 Å². The van der Waals surface area contributed by atoms with Crippen molar-refractivity contribution in [1.29, 1.82) is 0 Å². The van der Waals surface area contributed by atoms with Crippen LogP contribution in [-0.2, 0) is 14.4 Å². The van der Waals surface area contributed by atoms with E-state index in [1.807, 2.05) is 0 Å². The molecule has 0 aromatic rings. The van der Waals surface area contributed by atoms with E-state index in [-0.39, 0.29) is 13.0 Å². The van der Waals surface area contributed by atoms with Crippen molar-refractivity contribution >= 4 is 17.9 Å². The van der Waals surface area contributed by atoms with Crippen molar-refractivity contribution in [3.05, 3.63) is 0 Å². The van der Waals surface area contributed by atoms with Crippen LogP contribution >= 0.6 is 0 Å². The molecular formula is C13H30NO8+. The van der Waals surface area contributed by atoms with Gasteiger partial charge in [-0.25, -0.2) is 4.79 Å². The second-order valence-corrected chi connectivity index (χ2v) is 5.04. The van der Waals surface area contributed by atoms with Crippen LogP contribution in [0, 0.1) is 0 Å². The predicted molar refractivity (Wildman–Crippen MR) is 80.5 cm³/mol. The zero-order valence-corrected chi connectivity index (χ0v) is 14.1. The van der Waals surface area contributed by atoms with Crippen LogP contribution < -0.4 is 0 Å². The summed E-state index contributed by atoms with van der Waals surface area (Å²) < 4.78 is 0.844. The molecule has 9 nitrogen and oxygen atoms in total. The number of likely N-dealkylation sites (N-methyl/N-ethyl adjacent to an activating group) is 1. The van der Waals surface area contributed by atoms with Gasteiger partial charge in [-0.15, -0.1) is 0 Å². The fraction of sp³-hybridized carbons (Fsp3) is 0.769. The van der Waals surface area contributed by atoms with E-state index in [2.05, 4.69) is 21.1 Å². The van der Waals surface area contributed by atoms with Crippen LogP contribution in [0.1, 0.15) is 27.2 Å². The fourth-order valence-electron chi connectivity index (χ4n) is 0.475. The fourth-order valence-corrected chi connectivity index (χ4v) is 0.475. The molecule has 22 heavy (non-hydrogen) atoms. The number of quaternary nitrogens is 1. The van der Waals surface area contributed by atoms with Crippen LogP contribution in [-0.4, -0.2) is 88.3 Å². The number of aliphatic hydroxyl groups is 2. The normalized spacial score (nSPS) is 10.4. The Bertz CT molecular complexity index is 279. The summed E-state index contributed by atoms with van der Waals surface area (Å²) in [6.07, 6.45) is -0.907. The lowest BCUT2D eigenvalue weighted by Crippen LogP contribution is -2.36. The summed E-state index contributed by atoms with van der Waals surface area (Å²) in [5, 5.41) is 39.5. The van der Waals surface area contributed by atoms with Gasteiger partial charge < -0.3 is 30.0 Å². The first-order valence-electron chi connectivity index (χ1n) is 6.42. The Morgan fingerprint density at radius 1 is 0.955 bits per heavy atom. The highest BCUT2D eigenvalue weighted by Crippen LogP contribution is 1.86. The number of carbonyl (C=O) groups is 3. The summed E-state index contributed by atoms with van der Waals surface area (Å²) in [5.41, 5.74) is 0. The smallest absolute Gasteiger partial charge is 0.332 e. The van der Waals surface area contributed by atoms with E-state index in [1.54, 1.807) is 6.92 Å². The molecule has 0 amide bonds. The Hall–Kier alpha value is -1.71. The molecule has 0 rings (SSSR count). The molecule has 1 unspecified atom stereocenters. The van der Waals surface area contributed by atoms with Crippen molar-refractivity contribution in [3.63, 3.8) is 0 Å². The van der Waals surface area contributed by atoms with Crippen LogP contribution in [0.3, 0.4) is 0 Å². The van der Waals surface area contributed by atoms with Crippen LogP contribution in [0.15, 0.2) is 0 Å². The average molecular weight is 328 g/mol. The molecule has 0 aliphatic carbocycles. The minimum Gasteiger partial charge on any atom is -0.481 e. The van der Waals surface area contributed by atoms with Crippen LogP contribution in [0.25, 0.3) is 0 Å². The lowest BCUT2D eigenvalue weighted by atomic mass is 10.3. The van der Waals surface area contributed by atoms with Crippen LogP contribution in [0.2, 0.25) is 0 Å². The van der Waals surface area contributed by atoms with Crippen LogP contribution in [0.4, 0.5) is 0 Å². The third kappa shape index (κ3) is 79.6. The summed E-state index contributed by atoms with van der Waals surface area (Å²) in [7, 11) is 6.16. The Balaban J connectivity index is -0.000000102. The topological polar surface area (TPSA) is 152 Å². The standard InChI is InChI=1S/C5H14NO.C4H8O3.2C2H4O2/c1-6(2,3)4-5-7;1-2-3(5)4(6)7;2*1-2(3)4/h7H,4-5H2,1-3H3;3,5H,2H2,1H3,(H,6,7);2*1H3,(H,3,4)/q+1;;;. The predicted octanol–water partition coefficient (Wildman–Crippen LogP) is -0.291. The zero-order valence-electron chi connectivity index (χ0n) is 14.1. The molecule has 134 valence electrons. The summed E-state index contributed by atoms with van der Waals surface area (Å²) in [6, 6.07) is 0. The van der Waals surface area contributed by atoms with E-state index in [9.17, 15) is 4.79 Å². The largest absolute Gasteiger partial charge is 0.481 e. The van der Waals surface area contributed by atoms with E-state index >= 15 is 0 Å². The average Bonchev–Trinajstić information content (AvgIpc) is 2.25. The number of rotatable bonds is 4. The second kappa shape index (κ2) is 17.3. The van der Waals surface area contributed by atoms with Gasteiger partial charge in [-0.1, -0.05) is 6.92 Å². The van der Waals surface area contributed by atoms with Gasteiger partial charge in [-0.2, -0.15) is 0 Å². The van der Waals surface area contributed by atoms with Crippen LogP contribution in [0.5, 0.6) is 0 Å². The maximum absolute atomic E-state index is 9.68. The Kier molecular flexibility index (Phi) is 22.4. The quantitative estimate of drug-likeness (QED) is 0.441. The molecule has 5 N–H and O–H groups in total. The lowest BCUT2D eigenvalue weighted by Gasteiger charge is -2.21. The molecule has 0 aliphatic rings. The molecule has 0 bridgehead atoms. The highest BCUT2D eigenvalue weighted by molar-refractivity contribution is 5.71. The monoisotopic (exact) mass is 328 g/mol. The first-order valence-corrected chi connectivity index (χ1v) is 6.42. The highest BCUT2D eigenvalue weighted by Gasteiger charge is 2.07. The molecule has 0 aliphatic heterocycles. The summed E-state index contributed by atoms with van der Waals surface area (Å²) in [5.74, 6) is -2.82. The maximum atomic E-state index is 9.68. The molecular weight excluding hydrogens is 298 g/mol. The summed E-state index contributed by atoms with van der Waals surface area (Å²) >= 11 is 0. The molecule has 0 saturated heterocycles. The third-order valence-electron chi connectivity index (χ3n) is 1.44. The van der Waals surface area contributed by atoms with E-state index in [0.29, 0.717) is 0 Å². The number of aliphatic hydroxyl groups excluding tert-OH is 2. The van der Waals surface area contributed by atoms with E-state index < -0.39 is 24.0 Å². The minimum absolute atomic E-state index is 0.273. The van der Waals surface area contributed by atoms with Crippen molar-refractivity contribution in [1.82, 2.24) is 0 Å². The molecule has 9 heteroatoms.